The van der Waals surface area contributed by atoms with E-state index in [-0.39, 0.29) is 0 Å². The van der Waals surface area contributed by atoms with Crippen molar-refractivity contribution >= 4 is 23.2 Å². The van der Waals surface area contributed by atoms with Crippen LogP contribution in [0.2, 0.25) is 0 Å². The second kappa shape index (κ2) is 5.13. The van der Waals surface area contributed by atoms with E-state index in [1.807, 2.05) is 0 Å². The molecule has 1 aliphatic rings. The topological polar surface area (TPSA) is 0 Å². The molecule has 0 saturated heterocycles. The molecule has 0 nitrogen and oxygen atoms in total. The molecule has 4 rings (SSSR count). The van der Waals surface area contributed by atoms with Crippen molar-refractivity contribution in [3.8, 4) is 0 Å². The van der Waals surface area contributed by atoms with Crippen LogP contribution >= 0.6 is 7.26 Å². The molecule has 0 amide bonds. The number of benzene rings is 3. The van der Waals surface area contributed by atoms with Crippen molar-refractivity contribution < 1.29 is 0 Å². The Morgan fingerprint density at radius 3 is 1.71 bits per heavy atom. The third kappa shape index (κ3) is 1.94. The van der Waals surface area contributed by atoms with Gasteiger partial charge in [-0.2, -0.15) is 0 Å². The molecule has 0 radical (unpaired) electrons. The summed E-state index contributed by atoms with van der Waals surface area (Å²) in [6, 6.07) is 31.4. The molecule has 3 aromatic carbocycles. The van der Waals surface area contributed by atoms with E-state index >= 15 is 0 Å². The van der Waals surface area contributed by atoms with Crippen molar-refractivity contribution in [3.05, 3.63) is 90.5 Å². The van der Waals surface area contributed by atoms with Crippen molar-refractivity contribution in [1.29, 1.82) is 0 Å². The molecule has 21 heavy (non-hydrogen) atoms. The van der Waals surface area contributed by atoms with Gasteiger partial charge in [0, 0.05) is 0 Å². The summed E-state index contributed by atoms with van der Waals surface area (Å²) >= 11 is 0. The molecule has 0 aromatic heterocycles. The first-order chi connectivity index (χ1) is 10.4. The first kappa shape index (κ1) is 12.8. The van der Waals surface area contributed by atoms with Gasteiger partial charge in [0.05, 0.1) is 0 Å². The zero-order valence-corrected chi connectivity index (χ0v) is 13.0. The van der Waals surface area contributed by atoms with Crippen LogP contribution in [-0.2, 0) is 6.42 Å². The zero-order valence-electron chi connectivity index (χ0n) is 12.0. The summed E-state index contributed by atoms with van der Waals surface area (Å²) in [6.45, 7) is 0. The molecule has 0 atom stereocenters. The average Bonchev–Trinajstić information content (AvgIpc) is 2.97. The molecule has 104 valence electrons. The number of hydrogen-bond acceptors (Lipinski definition) is 0. The molecular weight excluding hydrogens is 271 g/mol. The van der Waals surface area contributed by atoms with E-state index in [2.05, 4.69) is 84.9 Å². The molecule has 0 spiro atoms. The van der Waals surface area contributed by atoms with Crippen LogP contribution in [0.25, 0.3) is 0 Å². The van der Waals surface area contributed by atoms with Gasteiger partial charge in [0.15, 0.2) is 0 Å². The molecule has 1 aliphatic heterocycles. The van der Waals surface area contributed by atoms with Crippen LogP contribution in [0.1, 0.15) is 5.56 Å². The number of rotatable bonds is 2. The Bertz CT molecular complexity index is 708. The average molecular weight is 290 g/mol. The summed E-state index contributed by atoms with van der Waals surface area (Å²) < 4.78 is 0. The van der Waals surface area contributed by atoms with Crippen molar-refractivity contribution in [2.24, 2.45) is 0 Å². The van der Waals surface area contributed by atoms with E-state index in [0.29, 0.717) is 0 Å². The van der Waals surface area contributed by atoms with E-state index in [4.69, 9.17) is 0 Å². The summed E-state index contributed by atoms with van der Waals surface area (Å²) in [7, 11) is -1.81. The fourth-order valence-electron chi connectivity index (χ4n) is 3.82. The monoisotopic (exact) mass is 290 g/mol. The van der Waals surface area contributed by atoms with E-state index in [9.17, 15) is 0 Å². The minimum atomic E-state index is -1.81. The fourth-order valence-corrected chi connectivity index (χ4v) is 8.93. The van der Waals surface area contributed by atoms with Gasteiger partial charge in [-0.25, -0.2) is 0 Å². The minimum absolute atomic E-state index is 1.21. The van der Waals surface area contributed by atoms with Gasteiger partial charge in [0.2, 0.25) is 0 Å². The van der Waals surface area contributed by atoms with Gasteiger partial charge in [-0.05, 0) is 0 Å². The summed E-state index contributed by atoms with van der Waals surface area (Å²) in [5.74, 6) is 0. The molecule has 0 unspecified atom stereocenters. The first-order valence-corrected chi connectivity index (χ1v) is 9.81. The Hall–Kier alpha value is -1.91. The molecule has 1 heteroatoms. The van der Waals surface area contributed by atoms with E-state index in [0.717, 1.165) is 0 Å². The third-order valence-corrected chi connectivity index (χ3v) is 9.82. The Morgan fingerprint density at radius 1 is 0.571 bits per heavy atom. The van der Waals surface area contributed by atoms with Crippen molar-refractivity contribution in [2.45, 2.75) is 6.42 Å². The molecule has 1 heterocycles. The van der Waals surface area contributed by atoms with E-state index < -0.39 is 7.26 Å². The Labute approximate surface area is 126 Å². The van der Waals surface area contributed by atoms with Gasteiger partial charge >= 0.3 is 126 Å². The predicted molar refractivity (Wildman–Crippen MR) is 95.1 cm³/mol. The van der Waals surface area contributed by atoms with Crippen LogP contribution in [0.3, 0.4) is 0 Å². The molecule has 0 N–H and O–H groups in total. The maximum absolute atomic E-state index is 2.37. The van der Waals surface area contributed by atoms with E-state index in [1.165, 1.54) is 12.6 Å². The molecule has 0 aliphatic carbocycles. The van der Waals surface area contributed by atoms with Gasteiger partial charge in [0.25, 0.3) is 0 Å². The van der Waals surface area contributed by atoms with Crippen LogP contribution in [0.5, 0.6) is 0 Å². The second-order valence-corrected chi connectivity index (χ2v) is 9.80. The molecule has 0 fully saturated rings. The van der Waals surface area contributed by atoms with E-state index in [1.54, 1.807) is 21.5 Å². The van der Waals surface area contributed by atoms with Crippen LogP contribution in [-0.4, -0.2) is 6.16 Å². The number of fused-ring (bicyclic) bond motifs is 1. The summed E-state index contributed by atoms with van der Waals surface area (Å²) in [5, 5.41) is 4.70. The Kier molecular flexibility index (Phi) is 3.13. The Morgan fingerprint density at radius 2 is 1.10 bits per heavy atom. The second-order valence-electron chi connectivity index (χ2n) is 5.79. The molecule has 0 saturated carbocycles. The van der Waals surface area contributed by atoms with Crippen molar-refractivity contribution in [1.82, 2.24) is 0 Å². The molecule has 0 bridgehead atoms. The predicted octanol–water partition coefficient (Wildman–Crippen LogP) is 3.27. The van der Waals surface area contributed by atoms with Gasteiger partial charge < -0.3 is 0 Å². The van der Waals surface area contributed by atoms with Crippen molar-refractivity contribution in [3.63, 3.8) is 0 Å². The SMILES string of the molecule is c1ccc([PH]2(c3ccccc3)CCc3ccccc32)cc1. The van der Waals surface area contributed by atoms with Crippen LogP contribution in [0, 0.1) is 0 Å². The van der Waals surface area contributed by atoms with Crippen LogP contribution < -0.4 is 15.9 Å². The summed E-state index contributed by atoms with van der Waals surface area (Å²) in [6.07, 6.45) is 2.51. The summed E-state index contributed by atoms with van der Waals surface area (Å²) in [4.78, 5) is 0. The normalized spacial score (nSPS) is 17.1. The standard InChI is InChI=1S/C20H19P/c1-3-10-18(11-4-1)21(19-12-5-2-6-13-19)16-15-17-9-7-8-14-20(17)21/h1-14,21H,15-16H2. The van der Waals surface area contributed by atoms with Crippen LogP contribution in [0.15, 0.2) is 84.9 Å². The quantitative estimate of drug-likeness (QED) is 0.636. The maximum atomic E-state index is 2.37. The van der Waals surface area contributed by atoms with Gasteiger partial charge in [-0.1, -0.05) is 0 Å². The Balaban J connectivity index is 2.02. The fraction of sp³-hybridized carbons (Fsp3) is 0.100. The number of aryl methyl sites for hydroxylation is 1. The van der Waals surface area contributed by atoms with Crippen molar-refractivity contribution in [2.75, 3.05) is 6.16 Å². The molecule has 3 aromatic rings. The van der Waals surface area contributed by atoms with Gasteiger partial charge in [-0.15, -0.1) is 0 Å². The van der Waals surface area contributed by atoms with Gasteiger partial charge in [0.1, 0.15) is 0 Å². The summed E-state index contributed by atoms with van der Waals surface area (Å²) in [5.41, 5.74) is 1.55. The molecular formula is C20H19P. The number of hydrogen-bond donors (Lipinski definition) is 0. The van der Waals surface area contributed by atoms with Gasteiger partial charge in [-0.3, -0.25) is 0 Å². The zero-order chi connectivity index (χ0) is 14.1. The first-order valence-electron chi connectivity index (χ1n) is 7.61. The third-order valence-electron chi connectivity index (χ3n) is 4.78. The van der Waals surface area contributed by atoms with Crippen LogP contribution in [0.4, 0.5) is 0 Å².